The maximum Gasteiger partial charge on any atom is 0.325 e. The second-order valence-electron chi connectivity index (χ2n) is 5.82. The van der Waals surface area contributed by atoms with E-state index in [0.717, 1.165) is 0 Å². The predicted octanol–water partition coefficient (Wildman–Crippen LogP) is 2.03. The van der Waals surface area contributed by atoms with Gasteiger partial charge in [-0.3, -0.25) is 14.9 Å². The van der Waals surface area contributed by atoms with E-state index in [9.17, 15) is 18.8 Å². The Hall–Kier alpha value is -3.62. The second kappa shape index (κ2) is 8.85. The van der Waals surface area contributed by atoms with Crippen molar-refractivity contribution in [3.8, 4) is 11.5 Å². The Morgan fingerprint density at radius 3 is 2.46 bits per heavy atom. The molecule has 0 aliphatic carbocycles. The fourth-order valence-corrected chi connectivity index (χ4v) is 2.41. The number of amides is 3. The first kappa shape index (κ1) is 19.2. The lowest BCUT2D eigenvalue weighted by molar-refractivity contribution is -0.147. The predicted molar refractivity (Wildman–Crippen MR) is 95.7 cm³/mol. The van der Waals surface area contributed by atoms with Crippen molar-refractivity contribution in [1.29, 1.82) is 0 Å². The Bertz CT molecular complexity index is 884. The molecule has 0 atom stereocenters. The number of rotatable bonds is 5. The van der Waals surface area contributed by atoms with Crippen molar-refractivity contribution in [2.45, 2.75) is 6.42 Å². The number of fused-ring (bicyclic) bond motifs is 1. The van der Waals surface area contributed by atoms with Gasteiger partial charge in [-0.1, -0.05) is 12.1 Å². The van der Waals surface area contributed by atoms with Crippen molar-refractivity contribution in [3.63, 3.8) is 0 Å². The molecule has 0 spiro atoms. The molecule has 1 aliphatic heterocycles. The fraction of sp³-hybridized carbons (Fsp3) is 0.211. The number of carbonyl (C=O) groups is 3. The van der Waals surface area contributed by atoms with E-state index in [-0.39, 0.29) is 6.42 Å². The number of anilines is 1. The van der Waals surface area contributed by atoms with Gasteiger partial charge in [-0.15, -0.1) is 0 Å². The summed E-state index contributed by atoms with van der Waals surface area (Å²) in [5, 5.41) is 4.52. The number of nitrogens with one attached hydrogen (secondary N) is 2. The number of benzene rings is 2. The monoisotopic (exact) mass is 388 g/mol. The molecule has 1 aliphatic rings. The van der Waals surface area contributed by atoms with Crippen LogP contribution < -0.4 is 20.1 Å². The normalized spacial score (nSPS) is 12.0. The summed E-state index contributed by atoms with van der Waals surface area (Å²) in [5.41, 5.74) is 0.950. The Balaban J connectivity index is 1.42. The average Bonchev–Trinajstić information content (AvgIpc) is 2.68. The highest BCUT2D eigenvalue weighted by molar-refractivity contribution is 6.02. The first-order valence-electron chi connectivity index (χ1n) is 8.40. The van der Waals surface area contributed by atoms with Gasteiger partial charge >= 0.3 is 12.0 Å². The van der Waals surface area contributed by atoms with Gasteiger partial charge in [0.1, 0.15) is 19.0 Å². The summed E-state index contributed by atoms with van der Waals surface area (Å²) in [6.07, 6.45) is -0.114. The van der Waals surface area contributed by atoms with E-state index in [4.69, 9.17) is 14.2 Å². The molecule has 0 saturated carbocycles. The van der Waals surface area contributed by atoms with Gasteiger partial charge in [-0.05, 0) is 29.8 Å². The smallest absolute Gasteiger partial charge is 0.325 e. The van der Waals surface area contributed by atoms with E-state index in [2.05, 4.69) is 5.32 Å². The van der Waals surface area contributed by atoms with Crippen LogP contribution in [0.3, 0.4) is 0 Å². The first-order valence-corrected chi connectivity index (χ1v) is 8.40. The Morgan fingerprint density at radius 2 is 1.71 bits per heavy atom. The molecule has 2 aromatic rings. The van der Waals surface area contributed by atoms with Gasteiger partial charge in [-0.25, -0.2) is 9.18 Å². The minimum absolute atomic E-state index is 0.114. The molecular weight excluding hydrogens is 371 g/mol. The van der Waals surface area contributed by atoms with Crippen LogP contribution in [0.15, 0.2) is 42.5 Å². The van der Waals surface area contributed by atoms with Crippen LogP contribution in [0.1, 0.15) is 5.56 Å². The molecule has 0 unspecified atom stereocenters. The third kappa shape index (κ3) is 5.44. The largest absolute Gasteiger partial charge is 0.486 e. The van der Waals surface area contributed by atoms with Gasteiger partial charge in [0.25, 0.3) is 5.91 Å². The van der Waals surface area contributed by atoms with Crippen molar-refractivity contribution < 1.29 is 33.0 Å². The molecular formula is C19H17FN2O6. The average molecular weight is 388 g/mol. The quantitative estimate of drug-likeness (QED) is 0.760. The van der Waals surface area contributed by atoms with E-state index in [1.807, 2.05) is 5.32 Å². The van der Waals surface area contributed by atoms with Crippen LogP contribution in [0.5, 0.6) is 11.5 Å². The van der Waals surface area contributed by atoms with Crippen LogP contribution in [0.4, 0.5) is 14.9 Å². The van der Waals surface area contributed by atoms with Crippen molar-refractivity contribution in [2.24, 2.45) is 0 Å². The third-order valence-electron chi connectivity index (χ3n) is 3.68. The van der Waals surface area contributed by atoms with E-state index < -0.39 is 30.3 Å². The minimum Gasteiger partial charge on any atom is -0.486 e. The molecule has 0 radical (unpaired) electrons. The Kier molecular flexibility index (Phi) is 6.05. The van der Waals surface area contributed by atoms with Gasteiger partial charge in [0.05, 0.1) is 6.42 Å². The molecule has 0 saturated heterocycles. The highest BCUT2D eigenvalue weighted by atomic mass is 19.1. The SMILES string of the molecule is O=C(COC(=O)Cc1ccc(F)cc1)NC(=O)Nc1ccc2c(c1)OCCO2. The minimum atomic E-state index is -0.789. The number of ether oxygens (including phenoxy) is 3. The maximum atomic E-state index is 12.8. The Morgan fingerprint density at radius 1 is 1.00 bits per heavy atom. The molecule has 0 aromatic heterocycles. The lowest BCUT2D eigenvalue weighted by Gasteiger charge is -2.19. The van der Waals surface area contributed by atoms with E-state index in [1.165, 1.54) is 24.3 Å². The Labute approximate surface area is 159 Å². The number of hydrogen-bond acceptors (Lipinski definition) is 6. The molecule has 2 aromatic carbocycles. The van der Waals surface area contributed by atoms with E-state index in [1.54, 1.807) is 18.2 Å². The van der Waals surface area contributed by atoms with Crippen LogP contribution in [0, 0.1) is 5.82 Å². The summed E-state index contributed by atoms with van der Waals surface area (Å²) >= 11 is 0. The van der Waals surface area contributed by atoms with Gasteiger partial charge in [0, 0.05) is 11.8 Å². The van der Waals surface area contributed by atoms with Crippen molar-refractivity contribution >= 4 is 23.6 Å². The molecule has 3 rings (SSSR count). The summed E-state index contributed by atoms with van der Waals surface area (Å²) in [6.45, 7) is 0.244. The second-order valence-corrected chi connectivity index (χ2v) is 5.82. The zero-order chi connectivity index (χ0) is 19.9. The van der Waals surface area contributed by atoms with Crippen LogP contribution >= 0.6 is 0 Å². The van der Waals surface area contributed by atoms with Gasteiger partial charge in [0.15, 0.2) is 18.1 Å². The molecule has 0 fully saturated rings. The summed E-state index contributed by atoms with van der Waals surface area (Å²) < 4.78 is 28.4. The summed E-state index contributed by atoms with van der Waals surface area (Å²) in [7, 11) is 0. The molecule has 9 heteroatoms. The van der Waals surface area contributed by atoms with Gasteiger partial charge < -0.3 is 19.5 Å². The van der Waals surface area contributed by atoms with Gasteiger partial charge in [0.2, 0.25) is 0 Å². The lowest BCUT2D eigenvalue weighted by Crippen LogP contribution is -2.37. The zero-order valence-corrected chi connectivity index (χ0v) is 14.7. The van der Waals surface area contributed by atoms with Crippen molar-refractivity contribution in [2.75, 3.05) is 25.1 Å². The lowest BCUT2D eigenvalue weighted by atomic mass is 10.1. The number of hydrogen-bond donors (Lipinski definition) is 2. The molecule has 3 amide bonds. The molecule has 2 N–H and O–H groups in total. The number of halogens is 1. The van der Waals surface area contributed by atoms with Gasteiger partial charge in [-0.2, -0.15) is 0 Å². The van der Waals surface area contributed by atoms with Crippen LogP contribution in [0.25, 0.3) is 0 Å². The number of esters is 1. The number of carbonyl (C=O) groups excluding carboxylic acids is 3. The maximum absolute atomic E-state index is 12.8. The van der Waals surface area contributed by atoms with Crippen LogP contribution in [-0.4, -0.2) is 37.7 Å². The van der Waals surface area contributed by atoms with Crippen LogP contribution in [-0.2, 0) is 20.7 Å². The molecule has 1 heterocycles. The molecule has 28 heavy (non-hydrogen) atoms. The van der Waals surface area contributed by atoms with Crippen LogP contribution in [0.2, 0.25) is 0 Å². The molecule has 0 bridgehead atoms. The molecule has 146 valence electrons. The molecule has 8 nitrogen and oxygen atoms in total. The van der Waals surface area contributed by atoms with E-state index >= 15 is 0 Å². The van der Waals surface area contributed by atoms with Crippen molar-refractivity contribution in [3.05, 3.63) is 53.8 Å². The number of urea groups is 1. The number of imide groups is 1. The standard InChI is InChI=1S/C19H17FN2O6/c20-13-3-1-12(2-4-13)9-18(24)28-11-17(23)22-19(25)21-14-5-6-15-16(10-14)27-8-7-26-15/h1-6,10H,7-9,11H2,(H2,21,22,23,25). The third-order valence-corrected chi connectivity index (χ3v) is 3.68. The van der Waals surface area contributed by atoms with E-state index in [0.29, 0.717) is 36.0 Å². The highest BCUT2D eigenvalue weighted by Gasteiger charge is 2.15. The highest BCUT2D eigenvalue weighted by Crippen LogP contribution is 2.32. The topological polar surface area (TPSA) is 103 Å². The fourth-order valence-electron chi connectivity index (χ4n) is 2.41. The van der Waals surface area contributed by atoms with Crippen molar-refractivity contribution in [1.82, 2.24) is 5.32 Å². The summed E-state index contributed by atoms with van der Waals surface area (Å²) in [6, 6.07) is 9.35. The first-order chi connectivity index (χ1) is 13.5. The summed E-state index contributed by atoms with van der Waals surface area (Å²) in [5.74, 6) is -0.816. The zero-order valence-electron chi connectivity index (χ0n) is 14.7. The summed E-state index contributed by atoms with van der Waals surface area (Å²) in [4.78, 5) is 35.3.